The van der Waals surface area contributed by atoms with Crippen LogP contribution in [0.4, 0.5) is 5.69 Å². The van der Waals surface area contributed by atoms with Crippen LogP contribution in [0, 0.1) is 0 Å². The van der Waals surface area contributed by atoms with Crippen molar-refractivity contribution in [3.05, 3.63) is 60.3 Å². The number of guanidine groups is 1. The molecule has 9 nitrogen and oxygen atoms in total. The predicted molar refractivity (Wildman–Crippen MR) is 116 cm³/mol. The van der Waals surface area contributed by atoms with Crippen LogP contribution in [0.5, 0.6) is 11.5 Å². The number of aromatic nitrogens is 2. The number of nitrogens with two attached hydrogens (primary N) is 2. The summed E-state index contributed by atoms with van der Waals surface area (Å²) in [5.41, 5.74) is 13.4. The Morgan fingerprint density at radius 3 is 2.73 bits per heavy atom. The van der Waals surface area contributed by atoms with Crippen molar-refractivity contribution in [1.29, 1.82) is 0 Å². The van der Waals surface area contributed by atoms with E-state index in [4.69, 9.17) is 20.9 Å². The number of carbonyl (C=O) groups is 1. The Morgan fingerprint density at radius 1 is 1.20 bits per heavy atom. The van der Waals surface area contributed by atoms with Gasteiger partial charge in [0.2, 0.25) is 0 Å². The molecule has 0 radical (unpaired) electrons. The maximum atomic E-state index is 12.7. The number of ether oxygens (including phenoxy) is 2. The van der Waals surface area contributed by atoms with Gasteiger partial charge in [0.1, 0.15) is 18.1 Å². The number of hydrogen-bond acceptors (Lipinski definition) is 5. The van der Waals surface area contributed by atoms with Crippen molar-refractivity contribution in [3.63, 3.8) is 0 Å². The molecule has 0 fully saturated rings. The zero-order chi connectivity index (χ0) is 21.5. The maximum Gasteiger partial charge on any atom is 0.255 e. The molecule has 0 aliphatic heterocycles. The van der Waals surface area contributed by atoms with Crippen LogP contribution in [0.25, 0.3) is 11.3 Å². The standard InChI is InChI=1S/C21H24N6O3/c1-27-18(8-9-25-27)17-13-15(6-7-19(17)30-11-10-24-21(22)23)26-20(28)14-4-3-5-16(12-14)29-2/h3-9,12-13H,10-11H2,1-2H3,(H,26,28)(H4,22,23,24). The normalized spacial score (nSPS) is 10.3. The Balaban J connectivity index is 1.84. The minimum Gasteiger partial charge on any atom is -0.497 e. The summed E-state index contributed by atoms with van der Waals surface area (Å²) in [4.78, 5) is 16.6. The number of aliphatic imine (C=N–C) groups is 1. The van der Waals surface area contributed by atoms with Gasteiger partial charge in [-0.25, -0.2) is 0 Å². The molecule has 3 aromatic rings. The number of benzene rings is 2. The van der Waals surface area contributed by atoms with E-state index in [-0.39, 0.29) is 11.9 Å². The van der Waals surface area contributed by atoms with E-state index in [2.05, 4.69) is 15.4 Å². The van der Waals surface area contributed by atoms with Crippen molar-refractivity contribution in [2.24, 2.45) is 23.5 Å². The van der Waals surface area contributed by atoms with Crippen molar-refractivity contribution >= 4 is 17.6 Å². The van der Waals surface area contributed by atoms with Gasteiger partial charge in [0.05, 0.1) is 19.3 Å². The summed E-state index contributed by atoms with van der Waals surface area (Å²) in [6.45, 7) is 0.639. The van der Waals surface area contributed by atoms with Crippen molar-refractivity contribution < 1.29 is 14.3 Å². The first-order valence-corrected chi connectivity index (χ1v) is 9.24. The third-order valence-electron chi connectivity index (χ3n) is 4.31. The second-order valence-electron chi connectivity index (χ2n) is 6.39. The fourth-order valence-electron chi connectivity index (χ4n) is 2.87. The molecular formula is C21H24N6O3. The van der Waals surface area contributed by atoms with Gasteiger partial charge in [-0.3, -0.25) is 14.5 Å². The summed E-state index contributed by atoms with van der Waals surface area (Å²) in [5, 5.41) is 7.12. The van der Waals surface area contributed by atoms with Gasteiger partial charge in [-0.1, -0.05) is 6.07 Å². The number of nitrogens with zero attached hydrogens (tertiary/aromatic N) is 3. The number of nitrogens with one attached hydrogen (secondary N) is 1. The molecule has 3 rings (SSSR count). The van der Waals surface area contributed by atoms with Crippen LogP contribution in [0.1, 0.15) is 10.4 Å². The second-order valence-corrected chi connectivity index (χ2v) is 6.39. The summed E-state index contributed by atoms with van der Waals surface area (Å²) < 4.78 is 12.8. The monoisotopic (exact) mass is 408 g/mol. The largest absolute Gasteiger partial charge is 0.497 e. The van der Waals surface area contributed by atoms with Gasteiger partial charge in [0.15, 0.2) is 5.96 Å². The molecule has 0 bridgehead atoms. The van der Waals surface area contributed by atoms with Crippen molar-refractivity contribution in [2.75, 3.05) is 25.6 Å². The molecule has 5 N–H and O–H groups in total. The van der Waals surface area contributed by atoms with E-state index >= 15 is 0 Å². The molecule has 30 heavy (non-hydrogen) atoms. The summed E-state index contributed by atoms with van der Waals surface area (Å²) in [6.07, 6.45) is 1.69. The summed E-state index contributed by atoms with van der Waals surface area (Å²) >= 11 is 0. The Labute approximate surface area is 174 Å². The molecular weight excluding hydrogens is 384 g/mol. The van der Waals surface area contributed by atoms with E-state index in [0.29, 0.717) is 35.9 Å². The molecule has 0 saturated heterocycles. The predicted octanol–water partition coefficient (Wildman–Crippen LogP) is 2.00. The van der Waals surface area contributed by atoms with Gasteiger partial charge < -0.3 is 26.3 Å². The number of methoxy groups -OCH3 is 1. The van der Waals surface area contributed by atoms with Crippen LogP contribution in [-0.2, 0) is 7.05 Å². The SMILES string of the molecule is COc1cccc(C(=O)Nc2ccc(OCCN=C(N)N)c(-c3ccnn3C)c2)c1. The minimum atomic E-state index is -0.244. The van der Waals surface area contributed by atoms with E-state index < -0.39 is 0 Å². The van der Waals surface area contributed by atoms with Gasteiger partial charge in [-0.2, -0.15) is 5.10 Å². The number of aryl methyl sites for hydroxylation is 1. The molecule has 2 aromatic carbocycles. The molecule has 9 heteroatoms. The molecule has 0 aliphatic rings. The van der Waals surface area contributed by atoms with Crippen molar-refractivity contribution in [3.8, 4) is 22.8 Å². The minimum absolute atomic E-state index is 0.0149. The summed E-state index contributed by atoms with van der Waals surface area (Å²) in [7, 11) is 3.39. The average molecular weight is 408 g/mol. The Hall–Kier alpha value is -4.01. The molecule has 1 amide bonds. The highest BCUT2D eigenvalue weighted by molar-refractivity contribution is 6.04. The van der Waals surface area contributed by atoms with E-state index in [1.54, 1.807) is 54.4 Å². The van der Waals surface area contributed by atoms with Crippen LogP contribution in [0.3, 0.4) is 0 Å². The molecule has 0 spiro atoms. The number of anilines is 1. The van der Waals surface area contributed by atoms with Gasteiger partial charge >= 0.3 is 0 Å². The third kappa shape index (κ3) is 5.07. The molecule has 1 heterocycles. The fourth-order valence-corrected chi connectivity index (χ4v) is 2.87. The van der Waals surface area contributed by atoms with Gasteiger partial charge in [-0.05, 0) is 42.5 Å². The topological polar surface area (TPSA) is 130 Å². The number of rotatable bonds is 8. The van der Waals surface area contributed by atoms with Crippen LogP contribution in [0.2, 0.25) is 0 Å². The Morgan fingerprint density at radius 2 is 2.03 bits per heavy atom. The zero-order valence-corrected chi connectivity index (χ0v) is 16.8. The van der Waals surface area contributed by atoms with E-state index in [0.717, 1.165) is 11.3 Å². The molecule has 0 saturated carbocycles. The molecule has 156 valence electrons. The summed E-state index contributed by atoms with van der Waals surface area (Å²) in [6, 6.07) is 14.2. The number of hydrogen-bond donors (Lipinski definition) is 3. The lowest BCUT2D eigenvalue weighted by Gasteiger charge is -2.14. The van der Waals surface area contributed by atoms with E-state index in [9.17, 15) is 4.79 Å². The highest BCUT2D eigenvalue weighted by Crippen LogP contribution is 2.32. The lowest BCUT2D eigenvalue weighted by atomic mass is 10.1. The van der Waals surface area contributed by atoms with E-state index in [1.165, 1.54) is 0 Å². The molecule has 0 atom stereocenters. The van der Waals surface area contributed by atoms with Crippen LogP contribution >= 0.6 is 0 Å². The van der Waals surface area contributed by atoms with Crippen LogP contribution in [0.15, 0.2) is 59.7 Å². The smallest absolute Gasteiger partial charge is 0.255 e. The first-order valence-electron chi connectivity index (χ1n) is 9.24. The molecule has 0 unspecified atom stereocenters. The van der Waals surface area contributed by atoms with Crippen molar-refractivity contribution in [1.82, 2.24) is 9.78 Å². The van der Waals surface area contributed by atoms with Crippen molar-refractivity contribution in [2.45, 2.75) is 0 Å². The number of amides is 1. The van der Waals surface area contributed by atoms with E-state index in [1.807, 2.05) is 19.2 Å². The lowest BCUT2D eigenvalue weighted by Crippen LogP contribution is -2.23. The Kier molecular flexibility index (Phi) is 6.53. The van der Waals surface area contributed by atoms with Crippen LogP contribution in [-0.4, -0.2) is 41.9 Å². The highest BCUT2D eigenvalue weighted by atomic mass is 16.5. The third-order valence-corrected chi connectivity index (χ3v) is 4.31. The highest BCUT2D eigenvalue weighted by Gasteiger charge is 2.13. The first-order chi connectivity index (χ1) is 14.5. The molecule has 1 aromatic heterocycles. The number of carbonyl (C=O) groups excluding carboxylic acids is 1. The van der Waals surface area contributed by atoms with Gasteiger partial charge in [0, 0.05) is 30.1 Å². The summed E-state index contributed by atoms with van der Waals surface area (Å²) in [5.74, 6) is 1.01. The maximum absolute atomic E-state index is 12.7. The average Bonchev–Trinajstić information content (AvgIpc) is 3.17. The van der Waals surface area contributed by atoms with Gasteiger partial charge in [-0.15, -0.1) is 0 Å². The van der Waals surface area contributed by atoms with Crippen LogP contribution < -0.4 is 26.3 Å². The molecule has 0 aliphatic carbocycles. The van der Waals surface area contributed by atoms with Gasteiger partial charge in [0.25, 0.3) is 5.91 Å². The quantitative estimate of drug-likeness (QED) is 0.297. The first kappa shape index (κ1) is 20.7. The second kappa shape index (κ2) is 9.46. The zero-order valence-electron chi connectivity index (χ0n) is 16.8. The fraction of sp³-hybridized carbons (Fsp3) is 0.190. The lowest BCUT2D eigenvalue weighted by molar-refractivity contribution is 0.102. The Bertz CT molecular complexity index is 1060.